The largest absolute Gasteiger partial charge is 0.379 e. The van der Waals surface area contributed by atoms with Crippen molar-refractivity contribution in [3.8, 4) is 0 Å². The molecule has 1 saturated heterocycles. The van der Waals surface area contributed by atoms with Gasteiger partial charge in [0.15, 0.2) is 10.8 Å². The quantitative estimate of drug-likeness (QED) is 0.770. The lowest BCUT2D eigenvalue weighted by Crippen LogP contribution is -2.43. The molecule has 2 aromatic rings. The topological polar surface area (TPSA) is 113 Å². The van der Waals surface area contributed by atoms with Crippen LogP contribution in [-0.2, 0) is 14.9 Å². The first-order valence-electron chi connectivity index (χ1n) is 5.78. The molecule has 3 heterocycles. The highest BCUT2D eigenvalue weighted by molar-refractivity contribution is 7.90. The van der Waals surface area contributed by atoms with Gasteiger partial charge in [-0.2, -0.15) is 22.7 Å². The third kappa shape index (κ3) is 2.54. The molecule has 3 rings (SSSR count). The van der Waals surface area contributed by atoms with E-state index in [1.165, 1.54) is 10.6 Å². The maximum absolute atomic E-state index is 12.1. The molecule has 1 aliphatic rings. The van der Waals surface area contributed by atoms with Crippen LogP contribution in [0, 0.1) is 0 Å². The minimum absolute atomic E-state index is 0.104. The Bertz CT molecular complexity index is 726. The summed E-state index contributed by atoms with van der Waals surface area (Å²) in [5.41, 5.74) is 0.755. The molecule has 0 unspecified atom stereocenters. The summed E-state index contributed by atoms with van der Waals surface area (Å²) in [6.45, 7) is 1.29. The number of hydrogen-bond acceptors (Lipinski definition) is 6. The molecular weight excluding hydrogens is 308 g/mol. The highest BCUT2D eigenvalue weighted by atomic mass is 35.5. The number of morpholine rings is 1. The summed E-state index contributed by atoms with van der Waals surface area (Å²) < 4.78 is 33.0. The minimum Gasteiger partial charge on any atom is -0.379 e. The molecule has 2 aromatic heterocycles. The molecule has 0 radical (unpaired) electrons. The van der Waals surface area contributed by atoms with E-state index in [0.717, 1.165) is 0 Å². The average molecular weight is 319 g/mol. The Labute approximate surface area is 119 Å². The van der Waals surface area contributed by atoms with Crippen LogP contribution in [0.1, 0.15) is 0 Å². The Morgan fingerprint density at radius 3 is 2.85 bits per heavy atom. The molecule has 0 saturated carbocycles. The zero-order valence-electron chi connectivity index (χ0n) is 10.2. The molecule has 0 aliphatic carbocycles. The third-order valence-electron chi connectivity index (χ3n) is 2.77. The van der Waals surface area contributed by atoms with Crippen LogP contribution in [0.4, 0.5) is 5.95 Å². The number of imidazole rings is 1. The van der Waals surface area contributed by atoms with Crippen LogP contribution in [0.3, 0.4) is 0 Å². The first-order valence-corrected chi connectivity index (χ1v) is 7.60. The highest BCUT2D eigenvalue weighted by Gasteiger charge is 2.25. The molecule has 11 heteroatoms. The summed E-state index contributed by atoms with van der Waals surface area (Å²) in [5, 5.41) is 0.104. The van der Waals surface area contributed by atoms with Gasteiger partial charge in [0.2, 0.25) is 5.95 Å². The van der Waals surface area contributed by atoms with Gasteiger partial charge in [-0.1, -0.05) is 11.6 Å². The van der Waals surface area contributed by atoms with E-state index in [4.69, 9.17) is 16.3 Å². The van der Waals surface area contributed by atoms with Crippen LogP contribution >= 0.6 is 11.6 Å². The Morgan fingerprint density at radius 1 is 1.35 bits per heavy atom. The van der Waals surface area contributed by atoms with Gasteiger partial charge in [-0.25, -0.2) is 9.71 Å². The summed E-state index contributed by atoms with van der Waals surface area (Å²) in [5.74, 6) is -0.110. The molecule has 0 atom stereocenters. The first-order chi connectivity index (χ1) is 9.56. The maximum Gasteiger partial charge on any atom is 0.304 e. The molecule has 108 valence electrons. The molecule has 0 aromatic carbocycles. The number of fused-ring (bicyclic) bond motifs is 1. The number of anilines is 1. The summed E-state index contributed by atoms with van der Waals surface area (Å²) in [6.07, 6.45) is 1.41. The van der Waals surface area contributed by atoms with Crippen molar-refractivity contribution in [3.05, 3.63) is 11.5 Å². The lowest BCUT2D eigenvalue weighted by molar-refractivity contribution is 0.0733. The Hall–Kier alpha value is -1.49. The van der Waals surface area contributed by atoms with Gasteiger partial charge in [-0.15, -0.1) is 0 Å². The maximum atomic E-state index is 12.1. The minimum atomic E-state index is -3.72. The Balaban J connectivity index is 1.88. The lowest BCUT2D eigenvalue weighted by atomic mass is 10.5. The van der Waals surface area contributed by atoms with E-state index < -0.39 is 10.2 Å². The number of nitrogens with one attached hydrogen (secondary N) is 2. The molecule has 9 nitrogen and oxygen atoms in total. The molecular formula is C9H11ClN6O3S. The fourth-order valence-corrected chi connectivity index (χ4v) is 3.11. The van der Waals surface area contributed by atoms with Crippen molar-refractivity contribution in [2.24, 2.45) is 0 Å². The zero-order chi connectivity index (χ0) is 14.2. The number of hydrogen-bond donors (Lipinski definition) is 2. The number of ether oxygens (including phenoxy) is 1. The predicted molar refractivity (Wildman–Crippen MR) is 71.6 cm³/mol. The number of nitrogens with zero attached hydrogens (tertiary/aromatic N) is 4. The van der Waals surface area contributed by atoms with Gasteiger partial charge in [-0.05, 0) is 0 Å². The zero-order valence-corrected chi connectivity index (χ0v) is 11.8. The molecule has 2 N–H and O–H groups in total. The van der Waals surface area contributed by atoms with E-state index in [9.17, 15) is 8.42 Å². The van der Waals surface area contributed by atoms with Crippen molar-refractivity contribution < 1.29 is 13.2 Å². The van der Waals surface area contributed by atoms with Gasteiger partial charge in [0, 0.05) is 13.1 Å². The van der Waals surface area contributed by atoms with Crippen molar-refractivity contribution >= 4 is 38.9 Å². The van der Waals surface area contributed by atoms with Gasteiger partial charge in [0.05, 0.1) is 19.5 Å². The average Bonchev–Trinajstić information content (AvgIpc) is 2.88. The lowest BCUT2D eigenvalue weighted by Gasteiger charge is -2.25. The van der Waals surface area contributed by atoms with E-state index in [1.807, 2.05) is 0 Å². The standard InChI is InChI=1S/C9H11ClN6O3S/c10-7-6-8(12-5-11-6)14-9(13-7)15-20(17,18)16-1-3-19-4-2-16/h5H,1-4H2,(H2,11,12,13,14,15). The fraction of sp³-hybridized carbons (Fsp3) is 0.444. The second-order valence-electron chi connectivity index (χ2n) is 4.06. The fourth-order valence-electron chi connectivity index (χ4n) is 1.81. The summed E-state index contributed by atoms with van der Waals surface area (Å²) >= 11 is 5.93. The van der Waals surface area contributed by atoms with Crippen LogP contribution < -0.4 is 4.72 Å². The number of rotatable bonds is 3. The van der Waals surface area contributed by atoms with Gasteiger partial charge >= 0.3 is 10.2 Å². The molecule has 0 amide bonds. The molecule has 20 heavy (non-hydrogen) atoms. The van der Waals surface area contributed by atoms with Gasteiger partial charge in [0.25, 0.3) is 0 Å². The van der Waals surface area contributed by atoms with E-state index in [2.05, 4.69) is 24.7 Å². The molecule has 0 spiro atoms. The molecule has 0 bridgehead atoms. The predicted octanol–water partition coefficient (Wildman–Crippen LogP) is -0.00480. The van der Waals surface area contributed by atoms with Crippen LogP contribution in [0.5, 0.6) is 0 Å². The van der Waals surface area contributed by atoms with Crippen molar-refractivity contribution in [1.82, 2.24) is 24.2 Å². The monoisotopic (exact) mass is 318 g/mol. The van der Waals surface area contributed by atoms with Crippen molar-refractivity contribution in [2.45, 2.75) is 0 Å². The van der Waals surface area contributed by atoms with E-state index in [1.54, 1.807) is 0 Å². The van der Waals surface area contributed by atoms with E-state index in [-0.39, 0.29) is 24.2 Å². The molecule has 1 fully saturated rings. The Morgan fingerprint density at radius 2 is 2.10 bits per heavy atom. The summed E-state index contributed by atoms with van der Waals surface area (Å²) in [7, 11) is -3.72. The smallest absolute Gasteiger partial charge is 0.304 e. The van der Waals surface area contributed by atoms with Crippen molar-refractivity contribution in [2.75, 3.05) is 31.0 Å². The van der Waals surface area contributed by atoms with Crippen LogP contribution in [0.2, 0.25) is 5.15 Å². The number of aromatic nitrogens is 4. The normalized spacial score (nSPS) is 17.4. The van der Waals surface area contributed by atoms with Crippen LogP contribution in [0.15, 0.2) is 6.33 Å². The summed E-state index contributed by atoms with van der Waals surface area (Å²) in [6, 6.07) is 0. The van der Waals surface area contributed by atoms with E-state index >= 15 is 0 Å². The van der Waals surface area contributed by atoms with Crippen molar-refractivity contribution in [3.63, 3.8) is 0 Å². The van der Waals surface area contributed by atoms with Crippen molar-refractivity contribution in [1.29, 1.82) is 0 Å². The highest BCUT2D eigenvalue weighted by Crippen LogP contribution is 2.19. The van der Waals surface area contributed by atoms with Crippen LogP contribution in [-0.4, -0.2) is 59.0 Å². The third-order valence-corrected chi connectivity index (χ3v) is 4.53. The Kier molecular flexibility index (Phi) is 3.46. The van der Waals surface area contributed by atoms with Gasteiger partial charge in [-0.3, -0.25) is 0 Å². The second kappa shape index (κ2) is 5.13. The second-order valence-corrected chi connectivity index (χ2v) is 6.09. The number of aromatic amines is 1. The number of halogens is 1. The van der Waals surface area contributed by atoms with Gasteiger partial charge < -0.3 is 9.72 Å². The summed E-state index contributed by atoms with van der Waals surface area (Å²) in [4.78, 5) is 14.6. The van der Waals surface area contributed by atoms with Crippen LogP contribution in [0.25, 0.3) is 11.2 Å². The van der Waals surface area contributed by atoms with Gasteiger partial charge in [0.1, 0.15) is 5.52 Å². The first kappa shape index (κ1) is 13.5. The SMILES string of the molecule is O=S(=O)(Nc1nc(Cl)c2[nH]cnc2n1)N1CCOCC1. The molecule has 1 aliphatic heterocycles. The number of H-pyrrole nitrogens is 1. The van der Waals surface area contributed by atoms with E-state index in [0.29, 0.717) is 24.4 Å².